The third-order valence-corrected chi connectivity index (χ3v) is 8.36. The van der Waals surface area contributed by atoms with E-state index in [4.69, 9.17) is 4.74 Å². The van der Waals surface area contributed by atoms with Crippen molar-refractivity contribution in [2.24, 2.45) is 7.05 Å². The van der Waals surface area contributed by atoms with Crippen LogP contribution in [0.5, 0.6) is 0 Å². The second-order valence-electron chi connectivity index (χ2n) is 11.4. The molecule has 1 aromatic carbocycles. The largest absolute Gasteiger partial charge is 0.453 e. The van der Waals surface area contributed by atoms with E-state index in [2.05, 4.69) is 50.4 Å². The molecular formula is C30H31N9O4. The van der Waals surface area contributed by atoms with Gasteiger partial charge in [0, 0.05) is 54.1 Å². The van der Waals surface area contributed by atoms with Crippen molar-refractivity contribution in [3.63, 3.8) is 0 Å². The number of amides is 1. The molecule has 13 nitrogen and oxygen atoms in total. The highest BCUT2D eigenvalue weighted by Gasteiger charge is 2.31. The van der Waals surface area contributed by atoms with Gasteiger partial charge in [-0.1, -0.05) is 6.07 Å². The minimum Gasteiger partial charge on any atom is -0.453 e. The highest BCUT2D eigenvalue weighted by molar-refractivity contribution is 6.15. The Bertz CT molecular complexity index is 2160. The molecule has 0 radical (unpaired) electrons. The van der Waals surface area contributed by atoms with Crippen LogP contribution >= 0.6 is 0 Å². The maximum absolute atomic E-state index is 13.6. The number of ether oxygens (including phenoxy) is 1. The van der Waals surface area contributed by atoms with Crippen LogP contribution in [0.4, 0.5) is 4.79 Å². The molecule has 220 valence electrons. The fourth-order valence-corrected chi connectivity index (χ4v) is 6.45. The van der Waals surface area contributed by atoms with Gasteiger partial charge in [0.15, 0.2) is 0 Å². The van der Waals surface area contributed by atoms with Crippen LogP contribution in [0.3, 0.4) is 0 Å². The molecule has 43 heavy (non-hydrogen) atoms. The molecule has 1 fully saturated rings. The van der Waals surface area contributed by atoms with Crippen LogP contribution in [-0.2, 0) is 11.8 Å². The summed E-state index contributed by atoms with van der Waals surface area (Å²) in [5.74, 6) is 0. The zero-order valence-corrected chi connectivity index (χ0v) is 24.2. The van der Waals surface area contributed by atoms with Crippen molar-refractivity contribution >= 4 is 38.9 Å². The molecule has 1 amide bonds. The third-order valence-electron chi connectivity index (χ3n) is 8.36. The first-order chi connectivity index (χ1) is 20.7. The summed E-state index contributed by atoms with van der Waals surface area (Å²) in [6, 6.07) is 5.91. The predicted octanol–water partition coefficient (Wildman–Crippen LogP) is 4.01. The Labute approximate surface area is 244 Å². The molecule has 0 aliphatic heterocycles. The molecule has 1 aliphatic rings. The Morgan fingerprint density at radius 1 is 1.09 bits per heavy atom. The number of carbonyl (C=O) groups excluding carboxylic acids is 1. The van der Waals surface area contributed by atoms with Gasteiger partial charge in [-0.2, -0.15) is 10.2 Å². The van der Waals surface area contributed by atoms with Crippen molar-refractivity contribution in [2.45, 2.75) is 51.2 Å². The van der Waals surface area contributed by atoms with Crippen LogP contribution in [0.2, 0.25) is 0 Å². The normalized spacial score (nSPS) is 17.0. The molecule has 2 atom stereocenters. The summed E-state index contributed by atoms with van der Waals surface area (Å²) in [5.41, 5.74) is 4.34. The Balaban J connectivity index is 1.53. The van der Waals surface area contributed by atoms with Crippen molar-refractivity contribution in [1.29, 1.82) is 0 Å². The number of nitrogens with one attached hydrogen (secondary N) is 3. The number of pyridine rings is 1. The Hall–Kier alpha value is -5.20. The molecule has 0 bridgehead atoms. The fourth-order valence-electron chi connectivity index (χ4n) is 6.45. The summed E-state index contributed by atoms with van der Waals surface area (Å²) in [4.78, 5) is 49.3. The first kappa shape index (κ1) is 26.7. The molecule has 5 heterocycles. The number of carbonyl (C=O) groups is 1. The first-order valence-electron chi connectivity index (χ1n) is 14.2. The summed E-state index contributed by atoms with van der Waals surface area (Å²) < 4.78 is 10.1. The van der Waals surface area contributed by atoms with Crippen molar-refractivity contribution in [3.8, 4) is 22.4 Å². The molecule has 6 aromatic rings. The number of hydrogen-bond acceptors (Lipinski definition) is 7. The monoisotopic (exact) mass is 581 g/mol. The number of methoxy groups -OCH3 is 1. The lowest BCUT2D eigenvalue weighted by molar-refractivity contribution is 0.166. The number of fused-ring (bicyclic) bond motifs is 4. The zero-order valence-electron chi connectivity index (χ0n) is 24.2. The van der Waals surface area contributed by atoms with E-state index in [1.54, 1.807) is 15.4 Å². The van der Waals surface area contributed by atoms with Crippen molar-refractivity contribution in [2.75, 3.05) is 7.11 Å². The minimum atomic E-state index is -0.513. The number of alkyl carbamates (subject to hydrolysis) is 1. The lowest BCUT2D eigenvalue weighted by Crippen LogP contribution is -2.35. The number of H-pyrrole nitrogens is 2. The molecule has 7 rings (SSSR count). The maximum Gasteiger partial charge on any atom is 0.407 e. The lowest BCUT2D eigenvalue weighted by atomic mass is 9.98. The fraction of sp³-hybridized carbons (Fsp3) is 0.333. The molecule has 0 spiro atoms. The molecule has 1 aliphatic carbocycles. The van der Waals surface area contributed by atoms with E-state index in [-0.39, 0.29) is 18.1 Å². The van der Waals surface area contributed by atoms with Crippen LogP contribution in [0.1, 0.15) is 45.2 Å². The number of rotatable bonds is 5. The van der Waals surface area contributed by atoms with Crippen LogP contribution in [0.25, 0.3) is 55.2 Å². The molecule has 0 unspecified atom stereocenters. The van der Waals surface area contributed by atoms with E-state index in [9.17, 15) is 14.4 Å². The second kappa shape index (κ2) is 9.96. The van der Waals surface area contributed by atoms with Gasteiger partial charge in [-0.05, 0) is 50.8 Å². The highest BCUT2D eigenvalue weighted by Crippen LogP contribution is 2.42. The Kier molecular flexibility index (Phi) is 6.18. The molecule has 13 heteroatoms. The van der Waals surface area contributed by atoms with Crippen LogP contribution < -0.4 is 16.6 Å². The predicted molar refractivity (Wildman–Crippen MR) is 162 cm³/mol. The van der Waals surface area contributed by atoms with Gasteiger partial charge in [0.25, 0.3) is 5.56 Å². The lowest BCUT2D eigenvalue weighted by Gasteiger charge is -2.18. The van der Waals surface area contributed by atoms with E-state index >= 15 is 0 Å². The number of nitrogens with zero attached hydrogens (tertiary/aromatic N) is 6. The number of aromatic amines is 2. The highest BCUT2D eigenvalue weighted by atomic mass is 16.5. The van der Waals surface area contributed by atoms with Crippen molar-refractivity contribution in [3.05, 3.63) is 63.8 Å². The van der Waals surface area contributed by atoms with Crippen LogP contribution in [-0.4, -0.2) is 58.3 Å². The average molecular weight is 582 g/mol. The number of benzene rings is 1. The summed E-state index contributed by atoms with van der Waals surface area (Å²) in [5, 5.41) is 13.8. The van der Waals surface area contributed by atoms with Gasteiger partial charge in [-0.15, -0.1) is 0 Å². The van der Waals surface area contributed by atoms with Gasteiger partial charge in [0.2, 0.25) is 0 Å². The standard InChI is InChI=1S/C30H31N9O4/c1-15(2)39-22-8-5-16(9-17(22)11-33-39)23-24-26-21(13-31-27(24)35-25(23)18-12-32-37(3)14-18)28(40)36-29(41)38(26)20-7-6-19(10-20)34-30(42)43-4/h5,8-9,11-15,19-20H,6-7,10H2,1-4H3,(H,31,35)(H,34,42)(H,36,40,41)/t19-,20-/m1/s1. The Morgan fingerprint density at radius 2 is 1.93 bits per heavy atom. The van der Waals surface area contributed by atoms with Gasteiger partial charge < -0.3 is 15.0 Å². The van der Waals surface area contributed by atoms with Crippen molar-refractivity contribution in [1.82, 2.24) is 44.4 Å². The van der Waals surface area contributed by atoms with Gasteiger partial charge in [-0.3, -0.25) is 23.7 Å². The topological polar surface area (TPSA) is 158 Å². The third kappa shape index (κ3) is 4.30. The smallest absolute Gasteiger partial charge is 0.407 e. The molecule has 0 saturated heterocycles. The SMILES string of the molecule is COC(=O)N[C@@H]1CC[C@@H](n2c(=O)[nH]c(=O)c3cnc4[nH]c(-c5cnn(C)c5)c(-c5ccc6c(cnn6C(C)C)c5)c4c32)C1. The quantitative estimate of drug-likeness (QED) is 0.278. The molecule has 1 saturated carbocycles. The maximum atomic E-state index is 13.6. The number of hydrogen-bond donors (Lipinski definition) is 3. The zero-order chi connectivity index (χ0) is 30.0. The molecular weight excluding hydrogens is 550 g/mol. The van der Waals surface area contributed by atoms with Crippen LogP contribution in [0, 0.1) is 0 Å². The van der Waals surface area contributed by atoms with E-state index in [1.807, 2.05) is 36.3 Å². The second-order valence-corrected chi connectivity index (χ2v) is 11.4. The van der Waals surface area contributed by atoms with E-state index in [1.165, 1.54) is 13.3 Å². The summed E-state index contributed by atoms with van der Waals surface area (Å²) in [6.45, 7) is 4.17. The van der Waals surface area contributed by atoms with E-state index in [0.717, 1.165) is 33.3 Å². The van der Waals surface area contributed by atoms with E-state index < -0.39 is 17.3 Å². The summed E-state index contributed by atoms with van der Waals surface area (Å²) in [6.07, 6.45) is 8.33. The minimum absolute atomic E-state index is 0.166. The van der Waals surface area contributed by atoms with Crippen LogP contribution in [0.15, 0.2) is 52.6 Å². The first-order valence-corrected chi connectivity index (χ1v) is 14.2. The van der Waals surface area contributed by atoms with Gasteiger partial charge in [-0.25, -0.2) is 14.6 Å². The number of aromatic nitrogens is 8. The van der Waals surface area contributed by atoms with E-state index in [0.29, 0.717) is 41.2 Å². The van der Waals surface area contributed by atoms with Gasteiger partial charge in [0.05, 0.1) is 47.0 Å². The number of aryl methyl sites for hydroxylation is 1. The molecule has 3 N–H and O–H groups in total. The van der Waals surface area contributed by atoms with Crippen molar-refractivity contribution < 1.29 is 9.53 Å². The summed E-state index contributed by atoms with van der Waals surface area (Å²) >= 11 is 0. The van der Waals surface area contributed by atoms with Gasteiger partial charge in [0.1, 0.15) is 5.65 Å². The summed E-state index contributed by atoms with van der Waals surface area (Å²) in [7, 11) is 3.17. The van der Waals surface area contributed by atoms with Gasteiger partial charge >= 0.3 is 11.8 Å². The average Bonchev–Trinajstić information content (AvgIpc) is 3.77. The molecule has 5 aromatic heterocycles. The Morgan fingerprint density at radius 3 is 2.67 bits per heavy atom.